The average Bonchev–Trinajstić information content (AvgIpc) is 3.73. The fraction of sp³-hybridized carbons (Fsp3) is 0.361. The SMILES string of the molecule is Cc1c(Nc2nccc3cc(CNCCO)cnc23)cccc1-c1cccc2c1CCN2C(=O)C1=NC2CCN(CCC(=O)O)CC2S1. The molecular weight excluding hydrogens is 627 g/mol. The largest absolute Gasteiger partial charge is 0.481 e. The van der Waals surface area contributed by atoms with Gasteiger partial charge in [-0.15, -0.1) is 0 Å². The second-order valence-electron chi connectivity index (χ2n) is 12.5. The molecule has 5 heterocycles. The number of nitrogens with one attached hydrogen (secondary N) is 2. The third-order valence-electron chi connectivity index (χ3n) is 9.40. The van der Waals surface area contributed by atoms with Gasteiger partial charge in [0, 0.05) is 73.7 Å². The highest BCUT2D eigenvalue weighted by atomic mass is 32.2. The summed E-state index contributed by atoms with van der Waals surface area (Å²) in [7, 11) is 0. The van der Waals surface area contributed by atoms with E-state index in [0.29, 0.717) is 37.0 Å². The molecule has 248 valence electrons. The average molecular weight is 666 g/mol. The fourth-order valence-electron chi connectivity index (χ4n) is 6.93. The zero-order valence-electron chi connectivity index (χ0n) is 26.9. The Balaban J connectivity index is 1.09. The molecular formula is C36H39N7O4S. The van der Waals surface area contributed by atoms with Gasteiger partial charge in [-0.25, -0.2) is 4.98 Å². The summed E-state index contributed by atoms with van der Waals surface area (Å²) in [6.07, 6.45) is 5.34. The van der Waals surface area contributed by atoms with Crippen molar-refractivity contribution in [3.05, 3.63) is 77.6 Å². The van der Waals surface area contributed by atoms with Gasteiger partial charge in [-0.2, -0.15) is 0 Å². The van der Waals surface area contributed by atoms with Gasteiger partial charge in [0.1, 0.15) is 5.52 Å². The quantitative estimate of drug-likeness (QED) is 0.171. The van der Waals surface area contributed by atoms with Gasteiger partial charge in [0.15, 0.2) is 10.9 Å². The highest BCUT2D eigenvalue weighted by Crippen LogP contribution is 2.41. The second-order valence-corrected chi connectivity index (χ2v) is 13.7. The zero-order chi connectivity index (χ0) is 33.2. The maximum Gasteiger partial charge on any atom is 0.304 e. The smallest absolute Gasteiger partial charge is 0.304 e. The van der Waals surface area contributed by atoms with Crippen LogP contribution in [-0.4, -0.2) is 92.6 Å². The topological polar surface area (TPSA) is 143 Å². The lowest BCUT2D eigenvalue weighted by Crippen LogP contribution is -2.43. The van der Waals surface area contributed by atoms with Crippen LogP contribution in [0, 0.1) is 6.92 Å². The number of hydrogen-bond acceptors (Lipinski definition) is 10. The molecule has 2 aromatic carbocycles. The minimum atomic E-state index is -0.786. The summed E-state index contributed by atoms with van der Waals surface area (Å²) in [5, 5.41) is 26.6. The standard InChI is InChI=1S/C36H39N7O4S/c1-22-25(4-2-6-28(22)40-34-33-24(8-12-38-34)18-23(20-39-33)19-37-13-17-44)26-5-3-7-30-27(26)9-16-43(30)36(47)35-41-29-10-14-42(15-11-32(45)46)21-31(29)48-35/h2-8,12,18,20,29,31,37,44H,9-11,13-17,19,21H2,1H3,(H,38,40)(H,45,46). The van der Waals surface area contributed by atoms with Crippen LogP contribution in [0.4, 0.5) is 17.2 Å². The number of aromatic nitrogens is 2. The van der Waals surface area contributed by atoms with Crippen molar-refractivity contribution in [1.82, 2.24) is 20.2 Å². The lowest BCUT2D eigenvalue weighted by Gasteiger charge is -2.32. The third-order valence-corrected chi connectivity index (χ3v) is 10.7. The van der Waals surface area contributed by atoms with Crippen molar-refractivity contribution in [3.63, 3.8) is 0 Å². The number of hydrogen-bond donors (Lipinski definition) is 4. The minimum Gasteiger partial charge on any atom is -0.481 e. The Morgan fingerprint density at radius 2 is 1.94 bits per heavy atom. The van der Waals surface area contributed by atoms with E-state index in [1.807, 2.05) is 41.4 Å². The number of nitrogens with zero attached hydrogens (tertiary/aromatic N) is 5. The summed E-state index contributed by atoms with van der Waals surface area (Å²) >= 11 is 1.55. The summed E-state index contributed by atoms with van der Waals surface area (Å²) in [5.74, 6) is -0.152. The fourth-order valence-corrected chi connectivity index (χ4v) is 8.26. The molecule has 1 saturated heterocycles. The number of carboxylic acids is 1. The van der Waals surface area contributed by atoms with Crippen LogP contribution in [0.25, 0.3) is 22.0 Å². The number of aliphatic carboxylic acids is 1. The number of anilines is 3. The van der Waals surface area contributed by atoms with E-state index in [2.05, 4.69) is 45.6 Å². The lowest BCUT2D eigenvalue weighted by molar-refractivity contribution is -0.137. The predicted molar refractivity (Wildman–Crippen MR) is 190 cm³/mol. The number of amides is 1. The van der Waals surface area contributed by atoms with E-state index in [-0.39, 0.29) is 30.2 Å². The number of rotatable bonds is 11. The van der Waals surface area contributed by atoms with Gasteiger partial charge in [-0.05, 0) is 71.8 Å². The Kier molecular flexibility index (Phi) is 9.40. The van der Waals surface area contributed by atoms with Crippen molar-refractivity contribution >= 4 is 56.8 Å². The maximum atomic E-state index is 13.9. The number of aliphatic hydroxyl groups excluding tert-OH is 1. The molecule has 2 aromatic heterocycles. The Morgan fingerprint density at radius 1 is 1.08 bits per heavy atom. The van der Waals surface area contributed by atoms with Crippen molar-refractivity contribution in [3.8, 4) is 11.1 Å². The number of benzene rings is 2. The summed E-state index contributed by atoms with van der Waals surface area (Å²) < 4.78 is 0. The Bertz CT molecular complexity index is 1900. The predicted octanol–water partition coefficient (Wildman–Crippen LogP) is 4.38. The zero-order valence-corrected chi connectivity index (χ0v) is 27.7. The number of aliphatic imine (C=N–C) groups is 1. The lowest BCUT2D eigenvalue weighted by atomic mass is 9.93. The van der Waals surface area contributed by atoms with Crippen LogP contribution >= 0.6 is 11.8 Å². The van der Waals surface area contributed by atoms with E-state index in [1.54, 1.807) is 18.0 Å². The number of carboxylic acid groups (broad SMARTS) is 1. The molecule has 1 fully saturated rings. The number of thioether (sulfide) groups is 1. The Hall–Kier alpha value is -4.36. The first-order valence-electron chi connectivity index (χ1n) is 16.4. The highest BCUT2D eigenvalue weighted by molar-refractivity contribution is 8.16. The Morgan fingerprint density at radius 3 is 2.79 bits per heavy atom. The number of carbonyl (C=O) groups excluding carboxylic acids is 1. The number of fused-ring (bicyclic) bond motifs is 3. The molecule has 2 unspecified atom stereocenters. The Labute approximate surface area is 283 Å². The maximum absolute atomic E-state index is 13.9. The van der Waals surface area contributed by atoms with E-state index >= 15 is 0 Å². The molecule has 0 bridgehead atoms. The van der Waals surface area contributed by atoms with Crippen LogP contribution < -0.4 is 15.5 Å². The monoisotopic (exact) mass is 665 g/mol. The highest BCUT2D eigenvalue weighted by Gasteiger charge is 2.40. The third kappa shape index (κ3) is 6.53. The van der Waals surface area contributed by atoms with Crippen molar-refractivity contribution in [2.45, 2.75) is 44.0 Å². The van der Waals surface area contributed by atoms with Crippen LogP contribution in [0.3, 0.4) is 0 Å². The van der Waals surface area contributed by atoms with Crippen LogP contribution in [0.2, 0.25) is 0 Å². The molecule has 7 rings (SSSR count). The van der Waals surface area contributed by atoms with Crippen molar-refractivity contribution in [2.75, 3.05) is 49.5 Å². The molecule has 0 aliphatic carbocycles. The van der Waals surface area contributed by atoms with Crippen molar-refractivity contribution in [1.29, 1.82) is 0 Å². The molecule has 0 saturated carbocycles. The van der Waals surface area contributed by atoms with Crippen molar-refractivity contribution in [2.24, 2.45) is 4.99 Å². The van der Waals surface area contributed by atoms with Gasteiger partial charge in [0.25, 0.3) is 5.91 Å². The van der Waals surface area contributed by atoms with Crippen molar-refractivity contribution < 1.29 is 19.8 Å². The normalized spacial score (nSPS) is 18.9. The summed E-state index contributed by atoms with van der Waals surface area (Å²) in [4.78, 5) is 43.2. The first-order chi connectivity index (χ1) is 23.4. The van der Waals surface area contributed by atoms with Crippen LogP contribution in [0.1, 0.15) is 29.5 Å². The number of aliphatic hydroxyl groups is 1. The van der Waals surface area contributed by atoms with Crippen LogP contribution in [0.15, 0.2) is 65.9 Å². The molecule has 2 atom stereocenters. The van der Waals surface area contributed by atoms with Gasteiger partial charge >= 0.3 is 5.97 Å². The molecule has 1 amide bonds. The van der Waals surface area contributed by atoms with Gasteiger partial charge in [-0.1, -0.05) is 36.0 Å². The second kappa shape index (κ2) is 14.0. The number of carbonyl (C=O) groups is 2. The van der Waals surface area contributed by atoms with Gasteiger partial charge in [-0.3, -0.25) is 19.6 Å². The minimum absolute atomic E-state index is 0.0450. The molecule has 48 heavy (non-hydrogen) atoms. The van der Waals surface area contributed by atoms with E-state index in [0.717, 1.165) is 76.0 Å². The number of piperidine rings is 1. The van der Waals surface area contributed by atoms with Gasteiger partial charge < -0.3 is 30.6 Å². The van der Waals surface area contributed by atoms with Gasteiger partial charge in [0.05, 0.1) is 19.1 Å². The number of likely N-dealkylation sites (tertiary alicyclic amines) is 1. The molecule has 4 aromatic rings. The molecule has 11 nitrogen and oxygen atoms in total. The number of pyridine rings is 2. The van der Waals surface area contributed by atoms with Crippen LogP contribution in [-0.2, 0) is 22.6 Å². The summed E-state index contributed by atoms with van der Waals surface area (Å²) in [5.41, 5.74) is 8.11. The molecule has 0 radical (unpaired) electrons. The van der Waals surface area contributed by atoms with Crippen LogP contribution in [0.5, 0.6) is 0 Å². The van der Waals surface area contributed by atoms with E-state index in [9.17, 15) is 9.59 Å². The molecule has 12 heteroatoms. The molecule has 3 aliphatic rings. The van der Waals surface area contributed by atoms with E-state index in [1.165, 1.54) is 0 Å². The molecule has 3 aliphatic heterocycles. The first-order valence-corrected chi connectivity index (χ1v) is 17.3. The van der Waals surface area contributed by atoms with E-state index < -0.39 is 5.97 Å². The first kappa shape index (κ1) is 32.2. The van der Waals surface area contributed by atoms with Gasteiger partial charge in [0.2, 0.25) is 0 Å². The molecule has 0 spiro atoms. The van der Waals surface area contributed by atoms with E-state index in [4.69, 9.17) is 20.2 Å². The summed E-state index contributed by atoms with van der Waals surface area (Å²) in [6, 6.07) is 16.5. The summed E-state index contributed by atoms with van der Waals surface area (Å²) in [6.45, 7) is 6.04. The molecule has 4 N–H and O–H groups in total.